The maximum absolute atomic E-state index is 11.7. The molecule has 0 unspecified atom stereocenters. The molecule has 0 saturated carbocycles. The summed E-state index contributed by atoms with van der Waals surface area (Å²) in [7, 11) is 3.29. The van der Waals surface area contributed by atoms with Crippen molar-refractivity contribution in [2.45, 2.75) is 0 Å². The number of anilines is 1. The predicted octanol–water partition coefficient (Wildman–Crippen LogP) is 1.61. The Hall–Kier alpha value is -1.30. The van der Waals surface area contributed by atoms with Crippen molar-refractivity contribution in [1.82, 2.24) is 10.2 Å². The van der Waals surface area contributed by atoms with Gasteiger partial charge in [-0.1, -0.05) is 29.3 Å². The van der Waals surface area contributed by atoms with Gasteiger partial charge in [0, 0.05) is 14.1 Å². The summed E-state index contributed by atoms with van der Waals surface area (Å²) in [5.41, 5.74) is 0.372. The van der Waals surface area contributed by atoms with E-state index in [1.54, 1.807) is 32.3 Å². The highest BCUT2D eigenvalue weighted by Crippen LogP contribution is 2.29. The Bertz CT molecular complexity index is 458. The van der Waals surface area contributed by atoms with Crippen LogP contribution < -0.4 is 10.6 Å². The van der Waals surface area contributed by atoms with Gasteiger partial charge in [-0.05, 0) is 12.1 Å². The van der Waals surface area contributed by atoms with Gasteiger partial charge in [-0.25, -0.2) is 0 Å². The maximum atomic E-state index is 11.7. The van der Waals surface area contributed by atoms with Gasteiger partial charge in [0.25, 0.3) is 0 Å². The molecule has 0 aliphatic rings. The average Bonchev–Trinajstić information content (AvgIpc) is 2.33. The lowest BCUT2D eigenvalue weighted by molar-refractivity contribution is -0.127. The highest BCUT2D eigenvalue weighted by Gasteiger charge is 2.10. The maximum Gasteiger partial charge on any atom is 0.238 e. The fourth-order valence-electron chi connectivity index (χ4n) is 1.24. The molecule has 2 amide bonds. The lowest BCUT2D eigenvalue weighted by Gasteiger charge is -2.12. The number of amides is 2. The minimum Gasteiger partial charge on any atom is -0.348 e. The van der Waals surface area contributed by atoms with Gasteiger partial charge in [-0.3, -0.25) is 14.9 Å². The fourth-order valence-corrected chi connectivity index (χ4v) is 1.73. The Balaban J connectivity index is 2.46. The van der Waals surface area contributed by atoms with Gasteiger partial charge in [-0.15, -0.1) is 0 Å². The Morgan fingerprint density at radius 2 is 1.74 bits per heavy atom. The van der Waals surface area contributed by atoms with Crippen molar-refractivity contribution in [3.63, 3.8) is 0 Å². The summed E-state index contributed by atoms with van der Waals surface area (Å²) in [6.07, 6.45) is 0. The van der Waals surface area contributed by atoms with Gasteiger partial charge in [0.1, 0.15) is 0 Å². The highest BCUT2D eigenvalue weighted by molar-refractivity contribution is 6.39. The number of likely N-dealkylation sites (N-methyl/N-ethyl adjacent to an activating group) is 1. The van der Waals surface area contributed by atoms with E-state index in [1.165, 1.54) is 4.90 Å². The normalized spacial score (nSPS) is 10.1. The van der Waals surface area contributed by atoms with Gasteiger partial charge in [0.2, 0.25) is 11.8 Å². The van der Waals surface area contributed by atoms with Crippen LogP contribution in [0, 0.1) is 0 Å². The Labute approximate surface area is 121 Å². The van der Waals surface area contributed by atoms with Crippen LogP contribution in [-0.2, 0) is 9.59 Å². The second-order valence-electron chi connectivity index (χ2n) is 4.04. The smallest absolute Gasteiger partial charge is 0.238 e. The van der Waals surface area contributed by atoms with Gasteiger partial charge in [0.05, 0.1) is 28.8 Å². The third-order valence-corrected chi connectivity index (χ3v) is 2.92. The monoisotopic (exact) mass is 303 g/mol. The van der Waals surface area contributed by atoms with Gasteiger partial charge in [0.15, 0.2) is 0 Å². The minimum absolute atomic E-state index is 0.00112. The molecule has 0 fully saturated rings. The minimum atomic E-state index is -0.318. The molecule has 0 aromatic heterocycles. The van der Waals surface area contributed by atoms with Gasteiger partial charge >= 0.3 is 0 Å². The van der Waals surface area contributed by atoms with Crippen LogP contribution in [0.15, 0.2) is 18.2 Å². The predicted molar refractivity (Wildman–Crippen MR) is 76.7 cm³/mol. The number of para-hydroxylation sites is 1. The van der Waals surface area contributed by atoms with E-state index in [4.69, 9.17) is 23.2 Å². The molecule has 1 rings (SSSR count). The first-order valence-electron chi connectivity index (χ1n) is 5.56. The number of hydrogen-bond acceptors (Lipinski definition) is 3. The lowest BCUT2D eigenvalue weighted by Crippen LogP contribution is -2.37. The molecule has 1 aromatic rings. The Morgan fingerprint density at radius 1 is 1.16 bits per heavy atom. The summed E-state index contributed by atoms with van der Waals surface area (Å²) in [5, 5.41) is 6.06. The second-order valence-corrected chi connectivity index (χ2v) is 4.85. The van der Waals surface area contributed by atoms with E-state index in [2.05, 4.69) is 10.6 Å². The fraction of sp³-hybridized carbons (Fsp3) is 0.333. The van der Waals surface area contributed by atoms with Crippen molar-refractivity contribution in [3.05, 3.63) is 28.2 Å². The highest BCUT2D eigenvalue weighted by atomic mass is 35.5. The molecule has 0 aliphatic heterocycles. The molecule has 104 valence electrons. The molecule has 0 atom stereocenters. The van der Waals surface area contributed by atoms with E-state index >= 15 is 0 Å². The molecule has 0 saturated heterocycles. The molecule has 0 radical (unpaired) electrons. The number of halogens is 2. The van der Waals surface area contributed by atoms with E-state index < -0.39 is 0 Å². The van der Waals surface area contributed by atoms with E-state index in [0.717, 1.165) is 0 Å². The first-order valence-corrected chi connectivity index (χ1v) is 6.32. The summed E-state index contributed by atoms with van der Waals surface area (Å²) in [4.78, 5) is 24.4. The standard InChI is InChI=1S/C12H15Cl2N3O2/c1-17(2)11(19)7-15-6-10(18)16-12-8(13)4-3-5-9(12)14/h3-5,15H,6-7H2,1-2H3,(H,16,18). The van der Waals surface area contributed by atoms with Crippen LogP contribution in [0.1, 0.15) is 0 Å². The largest absolute Gasteiger partial charge is 0.348 e. The van der Waals surface area contributed by atoms with Gasteiger partial charge in [-0.2, -0.15) is 0 Å². The molecule has 1 aromatic carbocycles. The molecule has 0 bridgehead atoms. The first kappa shape index (κ1) is 15.8. The third-order valence-electron chi connectivity index (χ3n) is 2.29. The third kappa shape index (κ3) is 5.06. The van der Waals surface area contributed by atoms with Crippen molar-refractivity contribution in [3.8, 4) is 0 Å². The number of carbonyl (C=O) groups excluding carboxylic acids is 2. The van der Waals surface area contributed by atoms with Crippen LogP contribution in [0.2, 0.25) is 10.0 Å². The molecule has 5 nitrogen and oxygen atoms in total. The zero-order valence-electron chi connectivity index (χ0n) is 10.7. The molecule has 7 heteroatoms. The average molecular weight is 304 g/mol. The topological polar surface area (TPSA) is 61.4 Å². The van der Waals surface area contributed by atoms with Crippen LogP contribution in [0.3, 0.4) is 0 Å². The lowest BCUT2D eigenvalue weighted by atomic mass is 10.3. The molecule has 19 heavy (non-hydrogen) atoms. The Morgan fingerprint density at radius 3 is 2.26 bits per heavy atom. The SMILES string of the molecule is CN(C)C(=O)CNCC(=O)Nc1c(Cl)cccc1Cl. The van der Waals surface area contributed by atoms with E-state index in [0.29, 0.717) is 15.7 Å². The van der Waals surface area contributed by atoms with Crippen molar-refractivity contribution in [2.24, 2.45) is 0 Å². The van der Waals surface area contributed by atoms with Crippen LogP contribution in [0.5, 0.6) is 0 Å². The summed E-state index contributed by atoms with van der Waals surface area (Å²) in [6.45, 7) is 0.0950. The number of nitrogens with zero attached hydrogens (tertiary/aromatic N) is 1. The van der Waals surface area contributed by atoms with Crippen LogP contribution in [0.25, 0.3) is 0 Å². The Kier molecular flexibility index (Phi) is 6.08. The van der Waals surface area contributed by atoms with Crippen LogP contribution >= 0.6 is 23.2 Å². The van der Waals surface area contributed by atoms with E-state index in [9.17, 15) is 9.59 Å². The number of benzene rings is 1. The zero-order chi connectivity index (χ0) is 14.4. The summed E-state index contributed by atoms with van der Waals surface area (Å²) < 4.78 is 0. The van der Waals surface area contributed by atoms with Gasteiger partial charge < -0.3 is 10.2 Å². The van der Waals surface area contributed by atoms with Crippen molar-refractivity contribution in [1.29, 1.82) is 0 Å². The molecule has 0 heterocycles. The van der Waals surface area contributed by atoms with E-state index in [1.807, 2.05) is 0 Å². The van der Waals surface area contributed by atoms with Crippen molar-refractivity contribution < 1.29 is 9.59 Å². The molecular formula is C12H15Cl2N3O2. The van der Waals surface area contributed by atoms with Crippen LogP contribution in [-0.4, -0.2) is 43.9 Å². The molecule has 2 N–H and O–H groups in total. The second kappa shape index (κ2) is 7.33. The quantitative estimate of drug-likeness (QED) is 0.869. The number of rotatable bonds is 5. The molecular weight excluding hydrogens is 289 g/mol. The van der Waals surface area contributed by atoms with Crippen LogP contribution in [0.4, 0.5) is 5.69 Å². The number of nitrogens with one attached hydrogen (secondary N) is 2. The summed E-state index contributed by atoms with van der Waals surface area (Å²) in [6, 6.07) is 4.95. The molecule has 0 spiro atoms. The zero-order valence-corrected chi connectivity index (χ0v) is 12.2. The first-order chi connectivity index (χ1) is 8.91. The number of hydrogen-bond donors (Lipinski definition) is 2. The van der Waals surface area contributed by atoms with Crippen molar-refractivity contribution in [2.75, 3.05) is 32.5 Å². The summed E-state index contributed by atoms with van der Waals surface area (Å²) in [5.74, 6) is -0.426. The van der Waals surface area contributed by atoms with E-state index in [-0.39, 0.29) is 24.9 Å². The summed E-state index contributed by atoms with van der Waals surface area (Å²) >= 11 is 11.8. The molecule has 0 aliphatic carbocycles. The number of carbonyl (C=O) groups is 2. The van der Waals surface area contributed by atoms with Crippen molar-refractivity contribution >= 4 is 40.7 Å².